The predicted octanol–water partition coefficient (Wildman–Crippen LogP) is 1.18. The number of nitrogens with one attached hydrogen (secondary N) is 1. The van der Waals surface area contributed by atoms with Crippen LogP contribution in [0.3, 0.4) is 0 Å². The highest BCUT2D eigenvalue weighted by Crippen LogP contribution is 2.22. The average molecular weight is 215 g/mol. The van der Waals surface area contributed by atoms with Crippen LogP contribution in [0.1, 0.15) is 0 Å². The van der Waals surface area contributed by atoms with Crippen molar-refractivity contribution in [3.8, 4) is 5.75 Å². The normalized spacial score (nSPS) is 11.1. The number of benzene rings is 1. The van der Waals surface area contributed by atoms with Crippen molar-refractivity contribution < 1.29 is 4.74 Å². The molecule has 0 aliphatic rings. The second-order valence-electron chi connectivity index (χ2n) is 3.51. The van der Waals surface area contributed by atoms with E-state index in [1.54, 1.807) is 17.8 Å². The molecule has 0 saturated heterocycles. The van der Waals surface area contributed by atoms with Gasteiger partial charge in [-0.3, -0.25) is 9.20 Å². The number of nitrogens with zero attached hydrogens (tertiary/aromatic N) is 2. The van der Waals surface area contributed by atoms with Gasteiger partial charge in [0.05, 0.1) is 12.6 Å². The van der Waals surface area contributed by atoms with Crippen LogP contribution >= 0.6 is 0 Å². The summed E-state index contributed by atoms with van der Waals surface area (Å²) in [6.45, 7) is 0. The van der Waals surface area contributed by atoms with E-state index in [0.29, 0.717) is 5.52 Å². The molecule has 0 aliphatic carbocycles. The molecule has 0 radical (unpaired) electrons. The van der Waals surface area contributed by atoms with Gasteiger partial charge in [0.25, 0.3) is 5.56 Å². The Hall–Kier alpha value is -2.30. The minimum atomic E-state index is -0.197. The molecule has 5 nitrogen and oxygen atoms in total. The van der Waals surface area contributed by atoms with E-state index in [0.717, 1.165) is 16.7 Å². The van der Waals surface area contributed by atoms with Crippen LogP contribution in [0.5, 0.6) is 5.75 Å². The van der Waals surface area contributed by atoms with Crippen LogP contribution in [0.15, 0.2) is 35.4 Å². The number of aromatic amines is 1. The van der Waals surface area contributed by atoms with E-state index in [9.17, 15) is 4.79 Å². The Kier molecular flexibility index (Phi) is 1.73. The second kappa shape index (κ2) is 3.10. The molecule has 0 amide bonds. The van der Waals surface area contributed by atoms with Gasteiger partial charge in [0.2, 0.25) is 0 Å². The van der Waals surface area contributed by atoms with Gasteiger partial charge in [0.1, 0.15) is 17.6 Å². The highest BCUT2D eigenvalue weighted by molar-refractivity contribution is 5.87. The van der Waals surface area contributed by atoms with E-state index in [1.165, 1.54) is 0 Å². The van der Waals surface area contributed by atoms with Gasteiger partial charge < -0.3 is 4.74 Å². The molecule has 0 aliphatic heterocycles. The molecule has 2 heterocycles. The van der Waals surface area contributed by atoms with Gasteiger partial charge in [0, 0.05) is 5.39 Å². The number of H-pyrrole nitrogens is 1. The number of aromatic nitrogens is 3. The maximum atomic E-state index is 11.5. The third-order valence-electron chi connectivity index (χ3n) is 2.62. The standard InChI is InChI=1S/C11H9N3O2/c1-16-8-2-3-9-7(4-8)5-10-11(15)13-12-6-14(9)10/h2-6H,1H3,(H,13,15). The van der Waals surface area contributed by atoms with E-state index < -0.39 is 0 Å². The quantitative estimate of drug-likeness (QED) is 0.663. The molecule has 16 heavy (non-hydrogen) atoms. The fourth-order valence-electron chi connectivity index (χ4n) is 1.84. The summed E-state index contributed by atoms with van der Waals surface area (Å²) in [6, 6.07) is 7.47. The topological polar surface area (TPSA) is 59.4 Å². The number of hydrogen-bond acceptors (Lipinski definition) is 3. The van der Waals surface area contributed by atoms with Crippen LogP contribution in [-0.2, 0) is 0 Å². The average Bonchev–Trinajstić information content (AvgIpc) is 2.68. The molecule has 0 atom stereocenters. The summed E-state index contributed by atoms with van der Waals surface area (Å²) in [5.74, 6) is 0.771. The summed E-state index contributed by atoms with van der Waals surface area (Å²) in [5.41, 5.74) is 1.32. The zero-order valence-electron chi connectivity index (χ0n) is 8.60. The summed E-state index contributed by atoms with van der Waals surface area (Å²) < 4.78 is 6.90. The maximum Gasteiger partial charge on any atom is 0.288 e. The highest BCUT2D eigenvalue weighted by Gasteiger charge is 2.06. The number of rotatable bonds is 1. The lowest BCUT2D eigenvalue weighted by Crippen LogP contribution is -2.09. The monoisotopic (exact) mass is 215 g/mol. The summed E-state index contributed by atoms with van der Waals surface area (Å²) in [5, 5.41) is 7.13. The van der Waals surface area contributed by atoms with Crippen molar-refractivity contribution in [2.75, 3.05) is 7.11 Å². The van der Waals surface area contributed by atoms with Crippen LogP contribution in [0.25, 0.3) is 16.4 Å². The fourth-order valence-corrected chi connectivity index (χ4v) is 1.84. The maximum absolute atomic E-state index is 11.5. The Bertz CT molecular complexity index is 727. The first-order valence-corrected chi connectivity index (χ1v) is 4.82. The molecule has 1 aromatic carbocycles. The molecular weight excluding hydrogens is 206 g/mol. The fraction of sp³-hybridized carbons (Fsp3) is 0.0909. The molecule has 3 rings (SSSR count). The van der Waals surface area contributed by atoms with Crippen LogP contribution in [0.2, 0.25) is 0 Å². The molecule has 0 saturated carbocycles. The molecule has 0 bridgehead atoms. The van der Waals surface area contributed by atoms with Crippen LogP contribution in [0.4, 0.5) is 0 Å². The lowest BCUT2D eigenvalue weighted by Gasteiger charge is -1.99. The lowest BCUT2D eigenvalue weighted by molar-refractivity contribution is 0.415. The Morgan fingerprint density at radius 3 is 3.00 bits per heavy atom. The van der Waals surface area contributed by atoms with Gasteiger partial charge in [-0.1, -0.05) is 0 Å². The molecule has 0 fully saturated rings. The molecule has 0 spiro atoms. The first kappa shape index (κ1) is 8.96. The van der Waals surface area contributed by atoms with E-state index in [2.05, 4.69) is 10.2 Å². The van der Waals surface area contributed by atoms with Crippen molar-refractivity contribution in [2.45, 2.75) is 0 Å². The van der Waals surface area contributed by atoms with E-state index in [1.807, 2.05) is 24.3 Å². The van der Waals surface area contributed by atoms with Crippen LogP contribution in [0, 0.1) is 0 Å². The van der Waals surface area contributed by atoms with Crippen molar-refractivity contribution in [1.82, 2.24) is 14.6 Å². The SMILES string of the molecule is COc1ccc2c(c1)cc1c(=O)[nH]ncn12. The van der Waals surface area contributed by atoms with Crippen LogP contribution < -0.4 is 10.3 Å². The van der Waals surface area contributed by atoms with Gasteiger partial charge in [-0.2, -0.15) is 5.10 Å². The van der Waals surface area contributed by atoms with Crippen LogP contribution in [-0.4, -0.2) is 21.7 Å². The lowest BCUT2D eigenvalue weighted by atomic mass is 10.2. The summed E-state index contributed by atoms with van der Waals surface area (Å²) in [7, 11) is 1.62. The van der Waals surface area contributed by atoms with Gasteiger partial charge in [0.15, 0.2) is 0 Å². The third kappa shape index (κ3) is 1.11. The van der Waals surface area contributed by atoms with Crippen molar-refractivity contribution in [1.29, 1.82) is 0 Å². The second-order valence-corrected chi connectivity index (χ2v) is 3.51. The Balaban J connectivity index is 2.50. The summed E-state index contributed by atoms with van der Waals surface area (Å²) in [6.07, 6.45) is 1.59. The van der Waals surface area contributed by atoms with Gasteiger partial charge in [-0.25, -0.2) is 5.10 Å². The Morgan fingerprint density at radius 1 is 1.31 bits per heavy atom. The van der Waals surface area contributed by atoms with Gasteiger partial charge >= 0.3 is 0 Å². The van der Waals surface area contributed by atoms with Crippen molar-refractivity contribution in [3.05, 3.63) is 40.9 Å². The Morgan fingerprint density at radius 2 is 2.19 bits per heavy atom. The number of fused-ring (bicyclic) bond motifs is 3. The largest absolute Gasteiger partial charge is 0.497 e. The molecule has 0 unspecified atom stereocenters. The molecule has 5 heteroatoms. The number of methoxy groups -OCH3 is 1. The van der Waals surface area contributed by atoms with Gasteiger partial charge in [-0.15, -0.1) is 0 Å². The van der Waals surface area contributed by atoms with E-state index in [-0.39, 0.29) is 5.56 Å². The summed E-state index contributed by atoms with van der Waals surface area (Å²) in [4.78, 5) is 11.5. The molecule has 1 N–H and O–H groups in total. The molecule has 2 aromatic heterocycles. The highest BCUT2D eigenvalue weighted by atomic mass is 16.5. The Labute approximate surface area is 90.3 Å². The minimum absolute atomic E-state index is 0.197. The number of hydrogen-bond donors (Lipinski definition) is 1. The first-order chi connectivity index (χ1) is 7.79. The smallest absolute Gasteiger partial charge is 0.288 e. The zero-order chi connectivity index (χ0) is 11.1. The van der Waals surface area contributed by atoms with E-state index in [4.69, 9.17) is 4.74 Å². The predicted molar refractivity (Wildman–Crippen MR) is 59.9 cm³/mol. The first-order valence-electron chi connectivity index (χ1n) is 4.82. The number of ether oxygens (including phenoxy) is 1. The summed E-state index contributed by atoms with van der Waals surface area (Å²) >= 11 is 0. The van der Waals surface area contributed by atoms with Crippen molar-refractivity contribution in [2.24, 2.45) is 0 Å². The van der Waals surface area contributed by atoms with Gasteiger partial charge in [-0.05, 0) is 24.3 Å². The minimum Gasteiger partial charge on any atom is -0.497 e. The molecule has 80 valence electrons. The van der Waals surface area contributed by atoms with Crippen molar-refractivity contribution in [3.63, 3.8) is 0 Å². The van der Waals surface area contributed by atoms with E-state index >= 15 is 0 Å². The van der Waals surface area contributed by atoms with Crippen molar-refractivity contribution >= 4 is 16.4 Å². The zero-order valence-corrected chi connectivity index (χ0v) is 8.60. The molecular formula is C11H9N3O2. The molecule has 3 aromatic rings. The third-order valence-corrected chi connectivity index (χ3v) is 2.62.